The van der Waals surface area contributed by atoms with Gasteiger partial charge in [-0.3, -0.25) is 4.90 Å². The summed E-state index contributed by atoms with van der Waals surface area (Å²) in [6.45, 7) is 5.48. The van der Waals surface area contributed by atoms with Gasteiger partial charge in [-0.05, 0) is 18.2 Å². The molecule has 0 saturated carbocycles. The third-order valence-electron chi connectivity index (χ3n) is 4.12. The lowest BCUT2D eigenvalue weighted by molar-refractivity contribution is 0.0878. The number of nitrogens with zero attached hydrogens (tertiary/aromatic N) is 3. The minimum absolute atomic E-state index is 0.0866. The molecule has 0 unspecified atom stereocenters. The van der Waals surface area contributed by atoms with Gasteiger partial charge in [0.2, 0.25) is 0 Å². The maximum absolute atomic E-state index is 12.2. The summed E-state index contributed by atoms with van der Waals surface area (Å²) in [5.41, 5.74) is 1.22. The van der Waals surface area contributed by atoms with E-state index in [4.69, 9.17) is 5.26 Å². The largest absolute Gasteiger partial charge is 0.322 e. The van der Waals surface area contributed by atoms with Crippen LogP contribution >= 0.6 is 0 Å². The maximum Gasteiger partial charge on any atom is 0.321 e. The summed E-state index contributed by atoms with van der Waals surface area (Å²) in [7, 11) is 0. The van der Waals surface area contributed by atoms with E-state index >= 15 is 0 Å². The SMILES string of the molecule is N#Cc1cccc(NC(=O)N2CCN(C3CNC3)CC2)c1. The molecule has 2 heterocycles. The molecule has 0 aliphatic carbocycles. The highest BCUT2D eigenvalue weighted by atomic mass is 16.2. The highest BCUT2D eigenvalue weighted by Gasteiger charge is 2.29. The lowest BCUT2D eigenvalue weighted by atomic mass is 10.1. The minimum atomic E-state index is -0.0866. The van der Waals surface area contributed by atoms with Gasteiger partial charge in [0, 0.05) is 51.0 Å². The molecule has 0 bridgehead atoms. The van der Waals surface area contributed by atoms with E-state index in [0.717, 1.165) is 39.3 Å². The molecule has 110 valence electrons. The molecule has 2 amide bonds. The number of rotatable bonds is 2. The zero-order chi connectivity index (χ0) is 14.7. The Morgan fingerprint density at radius 1 is 1.29 bits per heavy atom. The third-order valence-corrected chi connectivity index (χ3v) is 4.12. The van der Waals surface area contributed by atoms with Crippen molar-refractivity contribution in [1.82, 2.24) is 15.1 Å². The van der Waals surface area contributed by atoms with Crippen molar-refractivity contribution < 1.29 is 4.79 Å². The van der Waals surface area contributed by atoms with Crippen molar-refractivity contribution in [3.05, 3.63) is 29.8 Å². The lowest BCUT2D eigenvalue weighted by Crippen LogP contribution is -2.62. The molecule has 3 rings (SSSR count). The van der Waals surface area contributed by atoms with Crippen LogP contribution in [0.4, 0.5) is 10.5 Å². The summed E-state index contributed by atoms with van der Waals surface area (Å²) < 4.78 is 0. The zero-order valence-electron chi connectivity index (χ0n) is 11.9. The highest BCUT2D eigenvalue weighted by molar-refractivity contribution is 5.89. The normalized spacial score (nSPS) is 19.7. The molecule has 2 aliphatic rings. The monoisotopic (exact) mass is 285 g/mol. The summed E-state index contributed by atoms with van der Waals surface area (Å²) >= 11 is 0. The van der Waals surface area contributed by atoms with E-state index in [1.807, 2.05) is 4.90 Å². The van der Waals surface area contributed by atoms with Crippen LogP contribution < -0.4 is 10.6 Å². The number of carbonyl (C=O) groups excluding carboxylic acids is 1. The number of anilines is 1. The van der Waals surface area contributed by atoms with Crippen LogP contribution in [0.25, 0.3) is 0 Å². The Balaban J connectivity index is 1.53. The quantitative estimate of drug-likeness (QED) is 0.838. The second-order valence-electron chi connectivity index (χ2n) is 5.46. The Morgan fingerprint density at radius 3 is 2.67 bits per heavy atom. The molecule has 1 aromatic rings. The maximum atomic E-state index is 12.2. The molecular weight excluding hydrogens is 266 g/mol. The Morgan fingerprint density at radius 2 is 2.05 bits per heavy atom. The standard InChI is InChI=1S/C15H19N5O/c16-9-12-2-1-3-13(8-12)18-15(21)20-6-4-19(5-7-20)14-10-17-11-14/h1-3,8,14,17H,4-7,10-11H2,(H,18,21). The Bertz CT molecular complexity index is 555. The molecule has 0 atom stereocenters. The summed E-state index contributed by atoms with van der Waals surface area (Å²) in [6.07, 6.45) is 0. The van der Waals surface area contributed by atoms with Gasteiger partial charge in [0.05, 0.1) is 11.6 Å². The minimum Gasteiger partial charge on any atom is -0.322 e. The molecule has 0 aromatic heterocycles. The van der Waals surface area contributed by atoms with Crippen LogP contribution in [0.1, 0.15) is 5.56 Å². The van der Waals surface area contributed by atoms with Crippen LogP contribution in [-0.2, 0) is 0 Å². The van der Waals surface area contributed by atoms with Crippen molar-refractivity contribution in [2.45, 2.75) is 6.04 Å². The molecule has 21 heavy (non-hydrogen) atoms. The highest BCUT2D eigenvalue weighted by Crippen LogP contribution is 2.13. The van der Waals surface area contributed by atoms with Crippen molar-refractivity contribution in [1.29, 1.82) is 5.26 Å². The first-order valence-corrected chi connectivity index (χ1v) is 7.27. The molecule has 1 aromatic carbocycles. The van der Waals surface area contributed by atoms with Gasteiger partial charge in [-0.1, -0.05) is 6.07 Å². The van der Waals surface area contributed by atoms with E-state index in [9.17, 15) is 4.79 Å². The predicted molar refractivity (Wildman–Crippen MR) is 80.0 cm³/mol. The van der Waals surface area contributed by atoms with Crippen molar-refractivity contribution in [3.63, 3.8) is 0 Å². The third kappa shape index (κ3) is 3.15. The van der Waals surface area contributed by atoms with E-state index < -0.39 is 0 Å². The zero-order valence-corrected chi connectivity index (χ0v) is 11.9. The van der Waals surface area contributed by atoms with Gasteiger partial charge in [-0.2, -0.15) is 5.26 Å². The Labute approximate surface area is 124 Å². The first-order valence-electron chi connectivity index (χ1n) is 7.27. The average molecular weight is 285 g/mol. The van der Waals surface area contributed by atoms with Crippen molar-refractivity contribution >= 4 is 11.7 Å². The molecule has 2 saturated heterocycles. The fraction of sp³-hybridized carbons (Fsp3) is 0.467. The lowest BCUT2D eigenvalue weighted by Gasteiger charge is -2.43. The van der Waals surface area contributed by atoms with Gasteiger partial charge in [0.1, 0.15) is 0 Å². The molecule has 2 aliphatic heterocycles. The topological polar surface area (TPSA) is 71.4 Å². The van der Waals surface area contributed by atoms with E-state index in [1.54, 1.807) is 24.3 Å². The molecule has 0 spiro atoms. The van der Waals surface area contributed by atoms with Crippen LogP contribution in [0.2, 0.25) is 0 Å². The Kier molecular flexibility index (Phi) is 4.04. The van der Waals surface area contributed by atoms with Crippen molar-refractivity contribution in [3.8, 4) is 6.07 Å². The molecule has 2 fully saturated rings. The van der Waals surface area contributed by atoms with E-state index in [0.29, 0.717) is 17.3 Å². The number of benzene rings is 1. The second-order valence-corrected chi connectivity index (χ2v) is 5.46. The molecule has 6 heteroatoms. The molecule has 2 N–H and O–H groups in total. The number of hydrogen-bond acceptors (Lipinski definition) is 4. The van der Waals surface area contributed by atoms with Crippen LogP contribution in [0.5, 0.6) is 0 Å². The summed E-state index contributed by atoms with van der Waals surface area (Å²) in [4.78, 5) is 16.5. The number of amides is 2. The molecular formula is C15H19N5O. The van der Waals surface area contributed by atoms with Crippen LogP contribution in [0, 0.1) is 11.3 Å². The van der Waals surface area contributed by atoms with E-state index in [-0.39, 0.29) is 6.03 Å². The number of urea groups is 1. The smallest absolute Gasteiger partial charge is 0.321 e. The number of nitriles is 1. The first kappa shape index (κ1) is 13.9. The molecule has 0 radical (unpaired) electrons. The number of carbonyl (C=O) groups is 1. The fourth-order valence-corrected chi connectivity index (χ4v) is 2.69. The van der Waals surface area contributed by atoms with Crippen LogP contribution in [-0.4, -0.2) is 61.1 Å². The first-order chi connectivity index (χ1) is 10.3. The predicted octanol–water partition coefficient (Wildman–Crippen LogP) is 0.680. The van der Waals surface area contributed by atoms with Crippen molar-refractivity contribution in [2.24, 2.45) is 0 Å². The summed E-state index contributed by atoms with van der Waals surface area (Å²) in [5.74, 6) is 0. The van der Waals surface area contributed by atoms with E-state index in [1.165, 1.54) is 0 Å². The number of nitrogens with one attached hydrogen (secondary N) is 2. The van der Waals surface area contributed by atoms with E-state index in [2.05, 4.69) is 21.6 Å². The summed E-state index contributed by atoms with van der Waals surface area (Å²) in [6, 6.07) is 9.61. The van der Waals surface area contributed by atoms with Crippen LogP contribution in [0.3, 0.4) is 0 Å². The number of hydrogen-bond donors (Lipinski definition) is 2. The summed E-state index contributed by atoms with van der Waals surface area (Å²) in [5, 5.41) is 15.0. The van der Waals surface area contributed by atoms with Gasteiger partial charge in [0.15, 0.2) is 0 Å². The van der Waals surface area contributed by atoms with Gasteiger partial charge in [-0.25, -0.2) is 4.79 Å². The average Bonchev–Trinajstić information content (AvgIpc) is 2.46. The fourth-order valence-electron chi connectivity index (χ4n) is 2.69. The second kappa shape index (κ2) is 6.12. The van der Waals surface area contributed by atoms with Gasteiger partial charge in [0.25, 0.3) is 0 Å². The molecule has 6 nitrogen and oxygen atoms in total. The van der Waals surface area contributed by atoms with Crippen molar-refractivity contribution in [2.75, 3.05) is 44.6 Å². The van der Waals surface area contributed by atoms with Crippen LogP contribution in [0.15, 0.2) is 24.3 Å². The Hall–Kier alpha value is -2.10. The van der Waals surface area contributed by atoms with Gasteiger partial charge < -0.3 is 15.5 Å². The van der Waals surface area contributed by atoms with Gasteiger partial charge >= 0.3 is 6.03 Å². The van der Waals surface area contributed by atoms with Gasteiger partial charge in [-0.15, -0.1) is 0 Å². The number of piperazine rings is 1.